The highest BCUT2D eigenvalue weighted by Gasteiger charge is 2.39. The van der Waals surface area contributed by atoms with Crippen LogP contribution in [0.3, 0.4) is 0 Å². The first-order valence-corrected chi connectivity index (χ1v) is 9.88. The molecule has 128 valence electrons. The number of benzene rings is 3. The van der Waals surface area contributed by atoms with E-state index in [2.05, 4.69) is 114 Å². The molecule has 0 aliphatic carbocycles. The number of rotatable bonds is 4. The van der Waals surface area contributed by atoms with Crippen LogP contribution in [-0.2, 0) is 5.54 Å². The van der Waals surface area contributed by atoms with Crippen molar-refractivity contribution in [1.82, 2.24) is 9.55 Å². The van der Waals surface area contributed by atoms with Crippen molar-refractivity contribution < 1.29 is 0 Å². The highest BCUT2D eigenvalue weighted by atomic mass is 79.9. The summed E-state index contributed by atoms with van der Waals surface area (Å²) in [5.41, 5.74) is 2.97. The van der Waals surface area contributed by atoms with Gasteiger partial charge in [0.1, 0.15) is 14.7 Å². The third-order valence-corrected chi connectivity index (χ3v) is 6.47. The van der Waals surface area contributed by atoms with Crippen molar-refractivity contribution in [1.29, 1.82) is 0 Å². The lowest BCUT2D eigenvalue weighted by atomic mass is 9.77. The van der Waals surface area contributed by atoms with Crippen LogP contribution in [0, 0.1) is 0 Å². The quantitative estimate of drug-likeness (QED) is 0.324. The van der Waals surface area contributed by atoms with Crippen molar-refractivity contribution in [2.45, 2.75) is 5.54 Å². The summed E-state index contributed by atoms with van der Waals surface area (Å²) in [6.07, 6.45) is 1.88. The van der Waals surface area contributed by atoms with Crippen LogP contribution in [0.5, 0.6) is 0 Å². The fraction of sp³-hybridized carbons (Fsp3) is 0.0455. The molecule has 0 saturated carbocycles. The average molecular weight is 468 g/mol. The van der Waals surface area contributed by atoms with Crippen molar-refractivity contribution >= 4 is 31.9 Å². The Morgan fingerprint density at radius 2 is 1.00 bits per heavy atom. The zero-order chi connectivity index (χ0) is 18.0. The second kappa shape index (κ2) is 7.22. The van der Waals surface area contributed by atoms with Gasteiger partial charge < -0.3 is 4.57 Å². The molecule has 1 heterocycles. The largest absolute Gasteiger partial charge is 0.306 e. The predicted octanol–water partition coefficient (Wildman–Crippen LogP) is 6.25. The Kier molecular flexibility index (Phi) is 4.79. The summed E-state index contributed by atoms with van der Waals surface area (Å²) in [7, 11) is 0. The van der Waals surface area contributed by atoms with Gasteiger partial charge in [0.05, 0.1) is 6.33 Å². The highest BCUT2D eigenvalue weighted by molar-refractivity contribution is 9.13. The Bertz CT molecular complexity index is 900. The van der Waals surface area contributed by atoms with E-state index in [9.17, 15) is 0 Å². The van der Waals surface area contributed by atoms with Crippen molar-refractivity contribution in [3.05, 3.63) is 123 Å². The molecule has 0 aliphatic heterocycles. The molecule has 0 amide bonds. The van der Waals surface area contributed by atoms with Crippen LogP contribution in [-0.4, -0.2) is 9.55 Å². The highest BCUT2D eigenvalue weighted by Crippen LogP contribution is 2.43. The summed E-state index contributed by atoms with van der Waals surface area (Å²) in [6, 6.07) is 31.6. The Labute approximate surface area is 169 Å². The summed E-state index contributed by atoms with van der Waals surface area (Å²) < 4.78 is 3.86. The lowest BCUT2D eigenvalue weighted by Crippen LogP contribution is -2.37. The second-order valence-corrected chi connectivity index (χ2v) is 7.51. The molecular formula is C22H16Br2N2. The summed E-state index contributed by atoms with van der Waals surface area (Å²) in [5, 5.41) is 0. The molecular weight excluding hydrogens is 452 g/mol. The Morgan fingerprint density at radius 3 is 1.31 bits per heavy atom. The standard InChI is InChI=1S/C22H16Br2N2/c23-20-21(24)26(16-25-20)22(17-10-4-1-5-11-17,18-12-6-2-7-13-18)19-14-8-3-9-15-19/h1-16H. The fourth-order valence-corrected chi connectivity index (χ4v) is 4.24. The molecule has 0 unspecified atom stereocenters. The molecule has 3 aromatic carbocycles. The van der Waals surface area contributed by atoms with E-state index in [1.165, 1.54) is 16.7 Å². The van der Waals surface area contributed by atoms with Crippen LogP contribution in [0.1, 0.15) is 16.7 Å². The third-order valence-electron chi connectivity index (χ3n) is 4.60. The predicted molar refractivity (Wildman–Crippen MR) is 112 cm³/mol. The molecule has 0 N–H and O–H groups in total. The van der Waals surface area contributed by atoms with E-state index in [0.717, 1.165) is 9.21 Å². The summed E-state index contributed by atoms with van der Waals surface area (Å²) in [4.78, 5) is 4.49. The van der Waals surface area contributed by atoms with Gasteiger partial charge in [-0.05, 0) is 48.6 Å². The van der Waals surface area contributed by atoms with Crippen molar-refractivity contribution in [2.75, 3.05) is 0 Å². The maximum Gasteiger partial charge on any atom is 0.138 e. The molecule has 0 fully saturated rings. The van der Waals surface area contributed by atoms with E-state index in [-0.39, 0.29) is 0 Å². The minimum Gasteiger partial charge on any atom is -0.306 e. The Hall–Kier alpha value is -2.17. The molecule has 4 heteroatoms. The first kappa shape index (κ1) is 17.3. The molecule has 0 aliphatic rings. The smallest absolute Gasteiger partial charge is 0.138 e. The van der Waals surface area contributed by atoms with Crippen LogP contribution in [0.15, 0.2) is 107 Å². The molecule has 0 radical (unpaired) electrons. The third kappa shape index (κ3) is 2.74. The Balaban J connectivity index is 2.16. The molecule has 4 rings (SSSR count). The number of hydrogen-bond donors (Lipinski definition) is 0. The molecule has 26 heavy (non-hydrogen) atoms. The summed E-state index contributed by atoms with van der Waals surface area (Å²) in [6.45, 7) is 0. The van der Waals surface area contributed by atoms with Crippen LogP contribution in [0.4, 0.5) is 0 Å². The molecule has 4 aromatic rings. The molecule has 0 spiro atoms. The topological polar surface area (TPSA) is 17.8 Å². The van der Waals surface area contributed by atoms with Gasteiger partial charge in [-0.1, -0.05) is 91.0 Å². The van der Waals surface area contributed by atoms with Gasteiger partial charge in [0.25, 0.3) is 0 Å². The van der Waals surface area contributed by atoms with Gasteiger partial charge in [-0.3, -0.25) is 0 Å². The van der Waals surface area contributed by atoms with E-state index in [4.69, 9.17) is 0 Å². The summed E-state index contributed by atoms with van der Waals surface area (Å²) in [5.74, 6) is 0. The Morgan fingerprint density at radius 1 is 0.615 bits per heavy atom. The first-order chi connectivity index (χ1) is 12.7. The molecule has 0 atom stereocenters. The minimum atomic E-state index is -0.540. The van der Waals surface area contributed by atoms with E-state index >= 15 is 0 Å². The van der Waals surface area contributed by atoms with Crippen molar-refractivity contribution in [3.63, 3.8) is 0 Å². The van der Waals surface area contributed by atoms with E-state index < -0.39 is 5.54 Å². The molecule has 2 nitrogen and oxygen atoms in total. The second-order valence-electron chi connectivity index (χ2n) is 6.00. The number of nitrogens with zero attached hydrogens (tertiary/aromatic N) is 2. The zero-order valence-corrected chi connectivity index (χ0v) is 17.1. The van der Waals surface area contributed by atoms with Crippen molar-refractivity contribution in [2.24, 2.45) is 0 Å². The van der Waals surface area contributed by atoms with Gasteiger partial charge in [-0.25, -0.2) is 4.98 Å². The van der Waals surface area contributed by atoms with Gasteiger partial charge in [0, 0.05) is 0 Å². The number of imidazole rings is 1. The van der Waals surface area contributed by atoms with E-state index in [1.54, 1.807) is 0 Å². The zero-order valence-electron chi connectivity index (χ0n) is 13.9. The average Bonchev–Trinajstić information content (AvgIpc) is 3.04. The number of hydrogen-bond acceptors (Lipinski definition) is 1. The maximum atomic E-state index is 4.49. The van der Waals surface area contributed by atoms with Crippen LogP contribution in [0.2, 0.25) is 0 Å². The normalized spacial score (nSPS) is 11.5. The van der Waals surface area contributed by atoms with Gasteiger partial charge in [-0.15, -0.1) is 0 Å². The minimum absolute atomic E-state index is 0.540. The van der Waals surface area contributed by atoms with Gasteiger partial charge in [0.15, 0.2) is 0 Å². The summed E-state index contributed by atoms with van der Waals surface area (Å²) >= 11 is 7.28. The van der Waals surface area contributed by atoms with E-state index in [0.29, 0.717) is 0 Å². The SMILES string of the molecule is Brc1ncn(C(c2ccccc2)(c2ccccc2)c2ccccc2)c1Br. The van der Waals surface area contributed by atoms with Crippen LogP contribution < -0.4 is 0 Å². The van der Waals surface area contributed by atoms with Crippen LogP contribution in [0.25, 0.3) is 0 Å². The van der Waals surface area contributed by atoms with Gasteiger partial charge >= 0.3 is 0 Å². The monoisotopic (exact) mass is 466 g/mol. The number of aromatic nitrogens is 2. The lowest BCUT2D eigenvalue weighted by Gasteiger charge is -2.38. The molecule has 0 bridgehead atoms. The van der Waals surface area contributed by atoms with Crippen LogP contribution >= 0.6 is 31.9 Å². The fourth-order valence-electron chi connectivity index (χ4n) is 3.50. The maximum absolute atomic E-state index is 4.49. The first-order valence-electron chi connectivity index (χ1n) is 8.30. The lowest BCUT2D eigenvalue weighted by molar-refractivity contribution is 0.505. The molecule has 0 saturated heterocycles. The van der Waals surface area contributed by atoms with Gasteiger partial charge in [0.2, 0.25) is 0 Å². The number of halogens is 2. The van der Waals surface area contributed by atoms with Crippen molar-refractivity contribution in [3.8, 4) is 0 Å². The van der Waals surface area contributed by atoms with E-state index in [1.807, 2.05) is 24.5 Å². The van der Waals surface area contributed by atoms with Gasteiger partial charge in [-0.2, -0.15) is 0 Å². The molecule has 1 aromatic heterocycles.